The average molecular weight is 245 g/mol. The minimum atomic E-state index is -1.11. The lowest BCUT2D eigenvalue weighted by Gasteiger charge is -2.07. The second-order valence-corrected chi connectivity index (χ2v) is 3.81. The van der Waals surface area contributed by atoms with Crippen molar-refractivity contribution in [1.29, 1.82) is 0 Å². The molecule has 2 aromatic rings. The Hall–Kier alpha value is -2.50. The van der Waals surface area contributed by atoms with E-state index in [0.29, 0.717) is 11.3 Å². The van der Waals surface area contributed by atoms with Gasteiger partial charge in [0.25, 0.3) is 5.56 Å². The highest BCUT2D eigenvalue weighted by Gasteiger charge is 2.12. The fraction of sp³-hybridized carbons (Fsp3) is 0.167. The van der Waals surface area contributed by atoms with Crippen LogP contribution in [0.3, 0.4) is 0 Å². The summed E-state index contributed by atoms with van der Waals surface area (Å²) >= 11 is 0. The molecule has 0 saturated carbocycles. The molecular weight excluding hydrogens is 234 g/mol. The third-order valence-corrected chi connectivity index (χ3v) is 2.56. The van der Waals surface area contributed by atoms with Crippen LogP contribution in [-0.4, -0.2) is 25.6 Å². The third kappa shape index (κ3) is 2.27. The Balaban J connectivity index is 2.44. The number of rotatable bonds is 3. The number of hydrogen-bond acceptors (Lipinski definition) is 4. The molecule has 6 nitrogen and oxygen atoms in total. The predicted octanol–water partition coefficient (Wildman–Crippen LogP) is 0.693. The molecule has 0 amide bonds. The van der Waals surface area contributed by atoms with Crippen LogP contribution in [0, 0.1) is 6.92 Å². The van der Waals surface area contributed by atoms with E-state index in [2.05, 4.69) is 9.97 Å². The third-order valence-electron chi connectivity index (χ3n) is 2.56. The fourth-order valence-corrected chi connectivity index (χ4v) is 1.60. The van der Waals surface area contributed by atoms with Crippen molar-refractivity contribution < 1.29 is 9.90 Å². The minimum absolute atomic E-state index is 0.00547. The molecule has 0 saturated heterocycles. The van der Waals surface area contributed by atoms with E-state index in [9.17, 15) is 9.59 Å². The lowest BCUT2D eigenvalue weighted by molar-refractivity contribution is 0.0694. The van der Waals surface area contributed by atoms with Crippen molar-refractivity contribution in [2.24, 2.45) is 0 Å². The van der Waals surface area contributed by atoms with Gasteiger partial charge in [0, 0.05) is 18.0 Å². The van der Waals surface area contributed by atoms with Gasteiger partial charge in [-0.2, -0.15) is 0 Å². The number of carboxylic acid groups (broad SMARTS) is 1. The molecule has 2 aromatic heterocycles. The van der Waals surface area contributed by atoms with Crippen LogP contribution in [0.1, 0.15) is 21.6 Å². The quantitative estimate of drug-likeness (QED) is 0.860. The van der Waals surface area contributed by atoms with Gasteiger partial charge in [0.15, 0.2) is 0 Å². The second kappa shape index (κ2) is 4.79. The van der Waals surface area contributed by atoms with Gasteiger partial charge in [-0.1, -0.05) is 6.07 Å². The molecule has 18 heavy (non-hydrogen) atoms. The van der Waals surface area contributed by atoms with Crippen molar-refractivity contribution in [1.82, 2.24) is 14.5 Å². The second-order valence-electron chi connectivity index (χ2n) is 3.81. The van der Waals surface area contributed by atoms with Gasteiger partial charge in [0.2, 0.25) is 0 Å². The van der Waals surface area contributed by atoms with Crippen LogP contribution in [-0.2, 0) is 6.54 Å². The zero-order valence-corrected chi connectivity index (χ0v) is 9.70. The van der Waals surface area contributed by atoms with E-state index in [-0.39, 0.29) is 17.7 Å². The van der Waals surface area contributed by atoms with Crippen molar-refractivity contribution in [2.75, 3.05) is 0 Å². The molecule has 0 bridgehead atoms. The number of aryl methyl sites for hydroxylation is 1. The molecule has 0 aliphatic carbocycles. The summed E-state index contributed by atoms with van der Waals surface area (Å²) in [5.74, 6) is -1.11. The first-order valence-corrected chi connectivity index (χ1v) is 5.28. The molecule has 92 valence electrons. The summed E-state index contributed by atoms with van der Waals surface area (Å²) in [7, 11) is 0. The molecule has 0 radical (unpaired) electrons. The Morgan fingerprint density at radius 1 is 1.50 bits per heavy atom. The predicted molar refractivity (Wildman–Crippen MR) is 63.5 cm³/mol. The van der Waals surface area contributed by atoms with E-state index in [1.807, 2.05) is 0 Å². The van der Waals surface area contributed by atoms with Crippen molar-refractivity contribution in [3.8, 4) is 0 Å². The summed E-state index contributed by atoms with van der Waals surface area (Å²) in [5.41, 5.74) is 0.756. The first-order chi connectivity index (χ1) is 8.59. The molecule has 0 aromatic carbocycles. The molecule has 0 fully saturated rings. The van der Waals surface area contributed by atoms with Gasteiger partial charge in [0.1, 0.15) is 11.9 Å². The molecule has 0 unspecified atom stereocenters. The van der Waals surface area contributed by atoms with Crippen molar-refractivity contribution >= 4 is 5.97 Å². The first kappa shape index (κ1) is 12.0. The highest BCUT2D eigenvalue weighted by Crippen LogP contribution is 2.05. The van der Waals surface area contributed by atoms with Crippen LogP contribution < -0.4 is 5.56 Å². The maximum absolute atomic E-state index is 11.8. The Morgan fingerprint density at radius 3 is 3.00 bits per heavy atom. The topological polar surface area (TPSA) is 85.1 Å². The number of pyridine rings is 1. The van der Waals surface area contributed by atoms with Crippen LogP contribution in [0.2, 0.25) is 0 Å². The number of aromatic carboxylic acids is 1. The van der Waals surface area contributed by atoms with E-state index in [4.69, 9.17) is 5.11 Å². The van der Waals surface area contributed by atoms with Gasteiger partial charge < -0.3 is 9.67 Å². The van der Waals surface area contributed by atoms with Crippen LogP contribution in [0.4, 0.5) is 0 Å². The average Bonchev–Trinajstić information content (AvgIpc) is 2.35. The molecule has 6 heteroatoms. The van der Waals surface area contributed by atoms with E-state index in [0.717, 1.165) is 0 Å². The van der Waals surface area contributed by atoms with E-state index >= 15 is 0 Å². The van der Waals surface area contributed by atoms with Gasteiger partial charge >= 0.3 is 5.97 Å². The molecule has 2 heterocycles. The number of hydrogen-bond donors (Lipinski definition) is 1. The summed E-state index contributed by atoms with van der Waals surface area (Å²) in [5, 5.41) is 9.00. The largest absolute Gasteiger partial charge is 0.478 e. The first-order valence-electron chi connectivity index (χ1n) is 5.28. The van der Waals surface area contributed by atoms with Gasteiger partial charge in [-0.3, -0.25) is 4.79 Å². The lowest BCUT2D eigenvalue weighted by atomic mass is 10.2. The van der Waals surface area contributed by atoms with Crippen LogP contribution in [0.25, 0.3) is 0 Å². The number of aromatic nitrogens is 3. The van der Waals surface area contributed by atoms with Crippen molar-refractivity contribution in [3.05, 3.63) is 58.0 Å². The zero-order valence-electron chi connectivity index (χ0n) is 9.70. The highest BCUT2D eigenvalue weighted by atomic mass is 16.4. The molecule has 0 spiro atoms. The minimum Gasteiger partial charge on any atom is -0.478 e. The Bertz CT molecular complexity index is 649. The molecular formula is C12H11N3O3. The molecule has 1 N–H and O–H groups in total. The molecule has 0 aliphatic rings. The Kier molecular flexibility index (Phi) is 3.18. The van der Waals surface area contributed by atoms with Crippen molar-refractivity contribution in [2.45, 2.75) is 13.5 Å². The number of carbonyl (C=O) groups is 1. The van der Waals surface area contributed by atoms with Gasteiger partial charge in [0.05, 0.1) is 12.2 Å². The van der Waals surface area contributed by atoms with Gasteiger partial charge in [-0.25, -0.2) is 14.8 Å². The van der Waals surface area contributed by atoms with E-state index < -0.39 is 5.97 Å². The smallest absolute Gasteiger partial charge is 0.339 e. The van der Waals surface area contributed by atoms with Crippen LogP contribution in [0.5, 0.6) is 0 Å². The number of carboxylic acids is 1. The fourth-order valence-electron chi connectivity index (χ4n) is 1.60. The van der Waals surface area contributed by atoms with Crippen LogP contribution >= 0.6 is 0 Å². The summed E-state index contributed by atoms with van der Waals surface area (Å²) in [4.78, 5) is 30.4. The van der Waals surface area contributed by atoms with Crippen LogP contribution in [0.15, 0.2) is 35.6 Å². The summed E-state index contributed by atoms with van der Waals surface area (Å²) < 4.78 is 1.42. The number of nitrogens with zero attached hydrogens (tertiary/aromatic N) is 3. The zero-order chi connectivity index (χ0) is 13.1. The Labute approximate surface area is 103 Å². The SMILES string of the molecule is Cc1cccn(Cc2ncncc2C(=O)O)c1=O. The maximum atomic E-state index is 11.8. The molecule has 2 rings (SSSR count). The van der Waals surface area contributed by atoms with Gasteiger partial charge in [-0.05, 0) is 13.0 Å². The van der Waals surface area contributed by atoms with Crippen molar-refractivity contribution in [3.63, 3.8) is 0 Å². The molecule has 0 aliphatic heterocycles. The monoisotopic (exact) mass is 245 g/mol. The summed E-state index contributed by atoms with van der Waals surface area (Å²) in [6.45, 7) is 1.82. The highest BCUT2D eigenvalue weighted by molar-refractivity contribution is 5.88. The Morgan fingerprint density at radius 2 is 2.28 bits per heavy atom. The molecule has 0 atom stereocenters. The summed E-state index contributed by atoms with van der Waals surface area (Å²) in [6.07, 6.45) is 4.09. The standard InChI is InChI=1S/C12H11N3O3/c1-8-3-2-4-15(11(8)16)6-10-9(12(17)18)5-13-7-14-10/h2-5,7H,6H2,1H3,(H,17,18). The lowest BCUT2D eigenvalue weighted by Crippen LogP contribution is -2.23. The van der Waals surface area contributed by atoms with E-state index in [1.54, 1.807) is 25.3 Å². The maximum Gasteiger partial charge on any atom is 0.339 e. The normalized spacial score (nSPS) is 10.3. The van der Waals surface area contributed by atoms with Gasteiger partial charge in [-0.15, -0.1) is 0 Å². The summed E-state index contributed by atoms with van der Waals surface area (Å²) in [6, 6.07) is 3.44. The van der Waals surface area contributed by atoms with E-state index in [1.165, 1.54) is 17.1 Å².